The number of aromatic nitrogens is 3. The van der Waals surface area contributed by atoms with Crippen LogP contribution in [0.5, 0.6) is 0 Å². The van der Waals surface area contributed by atoms with E-state index in [0.717, 1.165) is 6.54 Å². The van der Waals surface area contributed by atoms with Gasteiger partial charge >= 0.3 is 0 Å². The monoisotopic (exact) mass is 652 g/mol. The molecule has 0 amide bonds. The Hall–Kier alpha value is -5.45. The van der Waals surface area contributed by atoms with Crippen molar-refractivity contribution in [2.75, 3.05) is 0 Å². The number of aryl methyl sites for hydroxylation is 3. The fourth-order valence-electron chi connectivity index (χ4n) is 8.01. The van der Waals surface area contributed by atoms with Crippen molar-refractivity contribution in [1.82, 2.24) is 0 Å². The van der Waals surface area contributed by atoms with Crippen LogP contribution < -0.4 is 13.7 Å². The van der Waals surface area contributed by atoms with E-state index in [-0.39, 0.29) is 12.1 Å². The Bertz CT molecular complexity index is 2500. The van der Waals surface area contributed by atoms with E-state index in [9.17, 15) is 0 Å². The largest absolute Gasteiger partial charge is 0.282 e. The molecule has 4 aromatic heterocycles. The van der Waals surface area contributed by atoms with Crippen LogP contribution in [-0.2, 0) is 6.54 Å². The van der Waals surface area contributed by atoms with Gasteiger partial charge in [0.25, 0.3) is 12.1 Å². The van der Waals surface area contributed by atoms with E-state index < -0.39 is 0 Å². The fraction of sp³-hybridized carbons (Fsp3) is 0.133. The Morgan fingerprint density at radius 1 is 0.551 bits per heavy atom. The van der Waals surface area contributed by atoms with E-state index in [4.69, 9.17) is 0 Å². The average molecular weight is 653 g/mol. The maximum Gasteiger partial charge on any atom is 0.282 e. The first-order chi connectivity index (χ1) is 24.0. The molecule has 0 saturated carbocycles. The highest BCUT2D eigenvalue weighted by molar-refractivity contribution is 7.25. The average Bonchev–Trinajstić information content (AvgIpc) is 3.66. The topological polar surface area (TPSA) is 11.6 Å². The molecule has 0 aliphatic carbocycles. The molecule has 2 unspecified atom stereocenters. The lowest BCUT2D eigenvalue weighted by molar-refractivity contribution is -0.838. The molecule has 0 spiro atoms. The highest BCUT2D eigenvalue weighted by atomic mass is 32.1. The van der Waals surface area contributed by atoms with Crippen molar-refractivity contribution in [2.45, 2.75) is 39.4 Å². The molecule has 0 bridgehead atoms. The van der Waals surface area contributed by atoms with E-state index in [1.165, 1.54) is 76.2 Å². The van der Waals surface area contributed by atoms with E-state index in [2.05, 4.69) is 187 Å². The summed E-state index contributed by atoms with van der Waals surface area (Å²) in [4.78, 5) is 0. The highest BCUT2D eigenvalue weighted by Crippen LogP contribution is 2.40. The van der Waals surface area contributed by atoms with Gasteiger partial charge in [0, 0.05) is 73.3 Å². The van der Waals surface area contributed by atoms with Gasteiger partial charge in [-0.2, -0.15) is 13.7 Å². The quantitative estimate of drug-likeness (QED) is 0.159. The number of pyridine rings is 3. The SMILES string of the molecule is Cc1cc[n+](CC(C2c3ccccc3-c3cccc[n+]32)[n+]2ccccc2-c2ccccc2C)c(-c2cc3c(cc2C)sc2ccccc23)c1. The number of thiophene rings is 1. The Kier molecular flexibility index (Phi) is 7.21. The van der Waals surface area contributed by atoms with Crippen molar-refractivity contribution in [1.29, 1.82) is 0 Å². The summed E-state index contributed by atoms with van der Waals surface area (Å²) in [5, 5.41) is 2.67. The van der Waals surface area contributed by atoms with Crippen LogP contribution in [0.15, 0.2) is 152 Å². The molecular formula is C45H38N3S+3. The smallest absolute Gasteiger partial charge is 0.191 e. The van der Waals surface area contributed by atoms with Crippen molar-refractivity contribution < 1.29 is 13.7 Å². The van der Waals surface area contributed by atoms with Gasteiger partial charge in [-0.25, -0.2) is 0 Å². The van der Waals surface area contributed by atoms with Gasteiger partial charge in [0.05, 0.1) is 5.56 Å². The predicted molar refractivity (Wildman–Crippen MR) is 200 cm³/mol. The molecule has 1 aliphatic rings. The van der Waals surface area contributed by atoms with E-state index >= 15 is 0 Å². The third kappa shape index (κ3) is 4.98. The minimum atomic E-state index is 0.0584. The van der Waals surface area contributed by atoms with Crippen LogP contribution >= 0.6 is 11.3 Å². The van der Waals surface area contributed by atoms with Crippen molar-refractivity contribution in [3.8, 4) is 33.8 Å². The Morgan fingerprint density at radius 3 is 2.16 bits per heavy atom. The molecule has 0 saturated heterocycles. The summed E-state index contributed by atoms with van der Waals surface area (Å²) in [5.74, 6) is 0. The summed E-state index contributed by atoms with van der Waals surface area (Å²) in [5.41, 5.74) is 12.8. The molecule has 4 heteroatoms. The van der Waals surface area contributed by atoms with Gasteiger partial charge < -0.3 is 0 Å². The summed E-state index contributed by atoms with van der Waals surface area (Å²) in [6.07, 6.45) is 6.87. The molecule has 9 rings (SSSR count). The normalized spacial score (nSPS) is 14.2. The zero-order valence-electron chi connectivity index (χ0n) is 28.0. The lowest BCUT2D eigenvalue weighted by Gasteiger charge is -2.19. The van der Waals surface area contributed by atoms with Gasteiger partial charge in [0.15, 0.2) is 18.6 Å². The summed E-state index contributed by atoms with van der Waals surface area (Å²) in [6.45, 7) is 7.48. The fourth-order valence-corrected chi connectivity index (χ4v) is 9.19. The lowest BCUT2D eigenvalue weighted by atomic mass is 9.95. The summed E-state index contributed by atoms with van der Waals surface area (Å²) >= 11 is 1.89. The van der Waals surface area contributed by atoms with Gasteiger partial charge in [0.1, 0.15) is 0 Å². The van der Waals surface area contributed by atoms with Crippen LogP contribution in [0.1, 0.15) is 34.3 Å². The summed E-state index contributed by atoms with van der Waals surface area (Å²) in [6, 6.07) is 49.4. The molecular weight excluding hydrogens is 615 g/mol. The second-order valence-corrected chi connectivity index (χ2v) is 14.5. The standard InChI is InChI=1S/C45H38N3S/c1-30-22-25-46(41(26-30)37-28-38-35-17-8-9-21-43(35)49-44(38)27-32(37)3)29-42(47-23-12-10-19-39(47)33-15-5-4-14-31(33)2)45-36-18-7-6-16-34(36)40-20-11-13-24-48(40)45/h4-28,42,45H,29H2,1-3H3/q+3. The zero-order valence-corrected chi connectivity index (χ0v) is 28.9. The van der Waals surface area contributed by atoms with Crippen LogP contribution in [0, 0.1) is 20.8 Å². The van der Waals surface area contributed by atoms with Crippen LogP contribution in [0.4, 0.5) is 0 Å². The molecule has 3 nitrogen and oxygen atoms in total. The maximum absolute atomic E-state index is 2.54. The van der Waals surface area contributed by atoms with E-state index in [0.29, 0.717) is 0 Å². The summed E-state index contributed by atoms with van der Waals surface area (Å²) in [7, 11) is 0. The predicted octanol–water partition coefficient (Wildman–Crippen LogP) is 9.69. The second kappa shape index (κ2) is 11.9. The molecule has 2 atom stereocenters. The molecule has 0 N–H and O–H groups in total. The van der Waals surface area contributed by atoms with Crippen LogP contribution in [0.25, 0.3) is 53.9 Å². The van der Waals surface area contributed by atoms with E-state index in [1.54, 1.807) is 0 Å². The van der Waals surface area contributed by atoms with Gasteiger partial charge in [-0.05, 0) is 79.9 Å². The second-order valence-electron chi connectivity index (χ2n) is 13.4. The maximum atomic E-state index is 2.54. The van der Waals surface area contributed by atoms with Crippen LogP contribution in [0.3, 0.4) is 0 Å². The lowest BCUT2D eigenvalue weighted by Crippen LogP contribution is -2.58. The van der Waals surface area contributed by atoms with Crippen molar-refractivity contribution in [3.05, 3.63) is 174 Å². The Morgan fingerprint density at radius 2 is 1.29 bits per heavy atom. The minimum Gasteiger partial charge on any atom is -0.191 e. The van der Waals surface area contributed by atoms with Crippen molar-refractivity contribution in [3.63, 3.8) is 0 Å². The molecule has 8 aromatic rings. The number of hydrogen-bond acceptors (Lipinski definition) is 1. The molecule has 5 heterocycles. The first-order valence-corrected chi connectivity index (χ1v) is 17.9. The molecule has 0 fully saturated rings. The number of hydrogen-bond donors (Lipinski definition) is 0. The number of rotatable bonds is 6. The molecule has 236 valence electrons. The Balaban J connectivity index is 1.27. The summed E-state index contributed by atoms with van der Waals surface area (Å²) < 4.78 is 10.2. The molecule has 49 heavy (non-hydrogen) atoms. The molecule has 4 aromatic carbocycles. The van der Waals surface area contributed by atoms with Gasteiger partial charge in [-0.3, -0.25) is 0 Å². The van der Waals surface area contributed by atoms with E-state index in [1.807, 2.05) is 11.3 Å². The van der Waals surface area contributed by atoms with Gasteiger partial charge in [-0.15, -0.1) is 11.3 Å². The third-order valence-electron chi connectivity index (χ3n) is 10.4. The van der Waals surface area contributed by atoms with Gasteiger partial charge in [-0.1, -0.05) is 54.6 Å². The molecule has 0 radical (unpaired) electrons. The zero-order chi connectivity index (χ0) is 33.1. The molecule has 1 aliphatic heterocycles. The van der Waals surface area contributed by atoms with Crippen LogP contribution in [-0.4, -0.2) is 0 Å². The Labute approximate surface area is 291 Å². The highest BCUT2D eigenvalue weighted by Gasteiger charge is 2.49. The number of fused-ring (bicyclic) bond motifs is 6. The van der Waals surface area contributed by atoms with Gasteiger partial charge in [0.2, 0.25) is 23.6 Å². The first kappa shape index (κ1) is 29.7. The third-order valence-corrected chi connectivity index (χ3v) is 11.5. The minimum absolute atomic E-state index is 0.0584. The number of nitrogens with zero attached hydrogens (tertiary/aromatic N) is 3. The van der Waals surface area contributed by atoms with Crippen molar-refractivity contribution >= 4 is 31.5 Å². The number of benzene rings is 4. The van der Waals surface area contributed by atoms with Crippen molar-refractivity contribution in [2.24, 2.45) is 0 Å². The van der Waals surface area contributed by atoms with Crippen LogP contribution in [0.2, 0.25) is 0 Å². The first-order valence-electron chi connectivity index (χ1n) is 17.1.